The molecule has 1 aromatic heterocycles. The Morgan fingerprint density at radius 1 is 1.10 bits per heavy atom. The van der Waals surface area contributed by atoms with Gasteiger partial charge in [0.25, 0.3) is 10.0 Å². The van der Waals surface area contributed by atoms with E-state index in [0.717, 1.165) is 24.0 Å². The molecule has 1 saturated carbocycles. The molecule has 3 aromatic rings. The molecule has 4 rings (SSSR count). The number of nitrogens with one attached hydrogen (secondary N) is 2. The molecule has 1 aliphatic rings. The van der Waals surface area contributed by atoms with Gasteiger partial charge in [-0.05, 0) is 68.2 Å². The lowest BCUT2D eigenvalue weighted by molar-refractivity contribution is -0.117. The highest BCUT2D eigenvalue weighted by Crippen LogP contribution is 2.32. The van der Waals surface area contributed by atoms with E-state index in [4.69, 9.17) is 4.52 Å². The van der Waals surface area contributed by atoms with Crippen LogP contribution in [0.3, 0.4) is 0 Å². The molecule has 31 heavy (non-hydrogen) atoms. The van der Waals surface area contributed by atoms with Crippen molar-refractivity contribution >= 4 is 39.5 Å². The Kier molecular flexibility index (Phi) is 5.65. The summed E-state index contributed by atoms with van der Waals surface area (Å²) >= 11 is 0. The first-order valence-corrected chi connectivity index (χ1v) is 11.4. The van der Waals surface area contributed by atoms with Crippen molar-refractivity contribution in [2.24, 2.45) is 5.92 Å². The fourth-order valence-corrected chi connectivity index (χ4v) is 4.13. The lowest BCUT2D eigenvalue weighted by atomic mass is 10.2. The maximum absolute atomic E-state index is 12.6. The number of aryl methyl sites for hydroxylation is 2. The van der Waals surface area contributed by atoms with Gasteiger partial charge in [0.05, 0.1) is 4.90 Å². The summed E-state index contributed by atoms with van der Waals surface area (Å²) in [7, 11) is -3.68. The molecule has 0 spiro atoms. The van der Waals surface area contributed by atoms with Crippen LogP contribution in [0.5, 0.6) is 0 Å². The van der Waals surface area contributed by atoms with Gasteiger partial charge in [0, 0.05) is 11.6 Å². The predicted octanol–water partition coefficient (Wildman–Crippen LogP) is 4.61. The first kappa shape index (κ1) is 20.9. The first-order chi connectivity index (χ1) is 14.8. The molecule has 2 aromatic carbocycles. The van der Waals surface area contributed by atoms with Gasteiger partial charge in [-0.2, -0.15) is 0 Å². The molecule has 2 N–H and O–H groups in total. The Bertz CT molecular complexity index is 1240. The number of aromatic nitrogens is 1. The van der Waals surface area contributed by atoms with Gasteiger partial charge in [0.15, 0.2) is 5.76 Å². The van der Waals surface area contributed by atoms with Crippen LogP contribution in [0.4, 0.5) is 11.4 Å². The second kappa shape index (κ2) is 8.39. The Morgan fingerprint density at radius 3 is 2.52 bits per heavy atom. The van der Waals surface area contributed by atoms with Crippen molar-refractivity contribution in [3.8, 4) is 0 Å². The number of hydrogen-bond acceptors (Lipinski definition) is 5. The van der Waals surface area contributed by atoms with Gasteiger partial charge in [-0.1, -0.05) is 35.5 Å². The van der Waals surface area contributed by atoms with E-state index in [9.17, 15) is 13.2 Å². The van der Waals surface area contributed by atoms with Crippen LogP contribution in [0, 0.1) is 19.8 Å². The molecule has 0 radical (unpaired) electrons. The Balaban J connectivity index is 1.47. The van der Waals surface area contributed by atoms with E-state index in [1.807, 2.05) is 13.0 Å². The summed E-state index contributed by atoms with van der Waals surface area (Å²) in [5, 5.41) is 6.80. The fraction of sp³-hybridized carbons (Fsp3) is 0.217. The van der Waals surface area contributed by atoms with Gasteiger partial charge in [-0.15, -0.1) is 0 Å². The molecule has 160 valence electrons. The summed E-state index contributed by atoms with van der Waals surface area (Å²) in [4.78, 5) is 12.2. The zero-order valence-electron chi connectivity index (χ0n) is 17.3. The van der Waals surface area contributed by atoms with Gasteiger partial charge in [0.1, 0.15) is 11.4 Å². The van der Waals surface area contributed by atoms with Crippen LogP contribution in [0.1, 0.15) is 35.4 Å². The zero-order valence-corrected chi connectivity index (χ0v) is 18.1. The number of amides is 1. The van der Waals surface area contributed by atoms with Gasteiger partial charge >= 0.3 is 0 Å². The van der Waals surface area contributed by atoms with E-state index in [-0.39, 0.29) is 16.7 Å². The van der Waals surface area contributed by atoms with E-state index in [1.54, 1.807) is 61.5 Å². The standard InChI is InChI=1S/C23H23N3O4S/c1-15-4-3-5-19(14-15)26-31(28,29)20-11-6-17(7-12-20)8-13-21-22(16(2)25-30-21)24-23(27)18-9-10-18/h3-8,11-14,18,26H,9-10H2,1-2H3,(H,24,27). The van der Waals surface area contributed by atoms with Crippen molar-refractivity contribution < 1.29 is 17.7 Å². The Labute approximate surface area is 181 Å². The number of rotatable bonds is 7. The highest BCUT2D eigenvalue weighted by molar-refractivity contribution is 7.92. The number of hydrogen-bond donors (Lipinski definition) is 2. The van der Waals surface area contributed by atoms with Gasteiger partial charge in [0.2, 0.25) is 5.91 Å². The van der Waals surface area contributed by atoms with Gasteiger partial charge in [-0.3, -0.25) is 9.52 Å². The fourth-order valence-electron chi connectivity index (χ4n) is 3.08. The zero-order chi connectivity index (χ0) is 22.0. The molecular weight excluding hydrogens is 414 g/mol. The summed E-state index contributed by atoms with van der Waals surface area (Å²) in [5.74, 6) is 0.509. The molecular formula is C23H23N3O4S. The monoisotopic (exact) mass is 437 g/mol. The van der Waals surface area contributed by atoms with Crippen molar-refractivity contribution in [3.05, 3.63) is 71.1 Å². The average molecular weight is 438 g/mol. The summed E-state index contributed by atoms with van der Waals surface area (Å²) in [5.41, 5.74) is 3.44. The van der Waals surface area contributed by atoms with Crippen LogP contribution in [0.25, 0.3) is 12.2 Å². The quantitative estimate of drug-likeness (QED) is 0.562. The lowest BCUT2D eigenvalue weighted by Crippen LogP contribution is -2.14. The number of nitrogens with zero attached hydrogens (tertiary/aromatic N) is 1. The third kappa shape index (κ3) is 5.03. The van der Waals surface area contributed by atoms with Crippen molar-refractivity contribution in [3.63, 3.8) is 0 Å². The minimum Gasteiger partial charge on any atom is -0.354 e. The molecule has 0 saturated heterocycles. The Hall–Kier alpha value is -3.39. The van der Waals surface area contributed by atoms with Crippen LogP contribution >= 0.6 is 0 Å². The molecule has 8 heteroatoms. The smallest absolute Gasteiger partial charge is 0.261 e. The minimum absolute atomic E-state index is 0.0170. The summed E-state index contributed by atoms with van der Waals surface area (Å²) in [6.07, 6.45) is 5.30. The molecule has 1 fully saturated rings. The molecule has 1 heterocycles. The summed E-state index contributed by atoms with van der Waals surface area (Å²) < 4.78 is 33.1. The van der Waals surface area contributed by atoms with E-state index >= 15 is 0 Å². The number of carbonyl (C=O) groups is 1. The number of carbonyl (C=O) groups excluding carboxylic acids is 1. The third-order valence-corrected chi connectivity index (χ3v) is 6.37. The maximum Gasteiger partial charge on any atom is 0.261 e. The lowest BCUT2D eigenvalue weighted by Gasteiger charge is -2.09. The first-order valence-electron chi connectivity index (χ1n) is 9.96. The Morgan fingerprint density at radius 2 is 1.84 bits per heavy atom. The third-order valence-electron chi connectivity index (χ3n) is 4.97. The number of benzene rings is 2. The van der Waals surface area contributed by atoms with Crippen molar-refractivity contribution in [2.45, 2.75) is 31.6 Å². The molecule has 0 unspecified atom stereocenters. The largest absolute Gasteiger partial charge is 0.354 e. The summed E-state index contributed by atoms with van der Waals surface area (Å²) in [6, 6.07) is 13.7. The maximum atomic E-state index is 12.6. The minimum atomic E-state index is -3.68. The molecule has 0 bridgehead atoms. The number of sulfonamides is 1. The normalized spacial score (nSPS) is 14.0. The van der Waals surface area contributed by atoms with Gasteiger partial charge in [-0.25, -0.2) is 8.42 Å². The van der Waals surface area contributed by atoms with Crippen molar-refractivity contribution in [1.82, 2.24) is 5.16 Å². The van der Waals surface area contributed by atoms with E-state index in [2.05, 4.69) is 15.2 Å². The van der Waals surface area contributed by atoms with Crippen molar-refractivity contribution in [1.29, 1.82) is 0 Å². The van der Waals surface area contributed by atoms with Crippen LogP contribution in [-0.4, -0.2) is 19.5 Å². The van der Waals surface area contributed by atoms with Crippen LogP contribution in [-0.2, 0) is 14.8 Å². The average Bonchev–Trinajstić information content (AvgIpc) is 3.52. The molecule has 1 amide bonds. The molecule has 0 aliphatic heterocycles. The van der Waals surface area contributed by atoms with E-state index in [0.29, 0.717) is 22.8 Å². The van der Waals surface area contributed by atoms with Crippen molar-refractivity contribution in [2.75, 3.05) is 10.0 Å². The molecule has 1 aliphatic carbocycles. The molecule has 0 atom stereocenters. The number of anilines is 2. The van der Waals surface area contributed by atoms with Crippen LogP contribution in [0.15, 0.2) is 57.9 Å². The van der Waals surface area contributed by atoms with E-state index in [1.165, 1.54) is 0 Å². The van der Waals surface area contributed by atoms with E-state index < -0.39 is 10.0 Å². The predicted molar refractivity (Wildman–Crippen MR) is 120 cm³/mol. The topological polar surface area (TPSA) is 101 Å². The highest BCUT2D eigenvalue weighted by Gasteiger charge is 2.30. The molecule has 7 nitrogen and oxygen atoms in total. The van der Waals surface area contributed by atoms with Crippen LogP contribution < -0.4 is 10.0 Å². The summed E-state index contributed by atoms with van der Waals surface area (Å²) in [6.45, 7) is 3.67. The highest BCUT2D eigenvalue weighted by atomic mass is 32.2. The second-order valence-corrected chi connectivity index (χ2v) is 9.33. The SMILES string of the molecule is Cc1cccc(NS(=O)(=O)c2ccc(C=Cc3onc(C)c3NC(=O)C3CC3)cc2)c1. The van der Waals surface area contributed by atoms with Crippen LogP contribution in [0.2, 0.25) is 0 Å². The second-order valence-electron chi connectivity index (χ2n) is 7.65. The van der Waals surface area contributed by atoms with Gasteiger partial charge < -0.3 is 9.84 Å².